The molecule has 16 heavy (non-hydrogen) atoms. The van der Waals surface area contributed by atoms with Crippen molar-refractivity contribution in [2.24, 2.45) is 16.5 Å². The number of aliphatic carboxylic acids is 2. The lowest BCUT2D eigenvalue weighted by molar-refractivity contribution is -0.147. The first-order valence-corrected chi connectivity index (χ1v) is 3.96. The van der Waals surface area contributed by atoms with Crippen molar-refractivity contribution in [1.82, 2.24) is 4.90 Å². The number of hydrogen-bond acceptors (Lipinski definition) is 3. The third-order valence-electron chi connectivity index (χ3n) is 0.996. The van der Waals surface area contributed by atoms with Crippen LogP contribution in [0.1, 0.15) is 6.42 Å². The normalized spacial score (nSPS) is 9.75. The molecule has 0 aromatic carbocycles. The molecule has 0 rings (SSSR count). The number of nitrogens with one attached hydrogen (secondary N) is 1. The number of rotatable bonds is 2. The molecule has 7 N–H and O–H groups in total. The summed E-state index contributed by atoms with van der Waals surface area (Å²) in [5, 5.41) is 22.1. The molecule has 0 fully saturated rings. The lowest BCUT2D eigenvalue weighted by Crippen LogP contribution is -2.32. The fourth-order valence-electron chi connectivity index (χ4n) is 0.353. The Morgan fingerprint density at radius 3 is 1.69 bits per heavy atom. The van der Waals surface area contributed by atoms with Gasteiger partial charge in [0.15, 0.2) is 5.96 Å². The van der Waals surface area contributed by atoms with Crippen molar-refractivity contribution in [3.63, 3.8) is 0 Å². The zero-order valence-corrected chi connectivity index (χ0v) is 8.97. The van der Waals surface area contributed by atoms with Gasteiger partial charge >= 0.3 is 11.9 Å². The van der Waals surface area contributed by atoms with Gasteiger partial charge in [0, 0.05) is 14.1 Å². The van der Waals surface area contributed by atoms with Crippen LogP contribution in [0, 0.1) is 5.41 Å². The lowest BCUT2D eigenvalue weighted by atomic mass is 10.5. The predicted molar refractivity (Wildman–Crippen MR) is 57.1 cm³/mol. The van der Waals surface area contributed by atoms with E-state index in [1.807, 2.05) is 0 Å². The van der Waals surface area contributed by atoms with E-state index in [0.717, 1.165) is 0 Å². The van der Waals surface area contributed by atoms with Gasteiger partial charge in [-0.1, -0.05) is 0 Å². The van der Waals surface area contributed by atoms with E-state index in [9.17, 15) is 9.59 Å². The minimum atomic E-state index is -1.31. The summed E-state index contributed by atoms with van der Waals surface area (Å²) in [4.78, 5) is 23.9. The van der Waals surface area contributed by atoms with E-state index in [4.69, 9.17) is 27.1 Å². The summed E-state index contributed by atoms with van der Waals surface area (Å²) in [7, 11) is 3.45. The summed E-state index contributed by atoms with van der Waals surface area (Å²) in [5.41, 5.74) is 10.2. The molecule has 0 bridgehead atoms. The summed E-state index contributed by atoms with van der Waals surface area (Å²) in [6.45, 7) is 0. The largest absolute Gasteiger partial charge is 0.481 e. The van der Waals surface area contributed by atoms with Crippen LogP contribution < -0.4 is 11.5 Å². The van der Waals surface area contributed by atoms with Gasteiger partial charge in [0.25, 0.3) is 0 Å². The van der Waals surface area contributed by atoms with E-state index in [0.29, 0.717) is 0 Å². The van der Waals surface area contributed by atoms with Crippen LogP contribution in [0.2, 0.25) is 0 Å². The molecule has 0 unspecified atom stereocenters. The van der Waals surface area contributed by atoms with Gasteiger partial charge in [-0.2, -0.15) is 4.99 Å². The van der Waals surface area contributed by atoms with E-state index < -0.39 is 18.4 Å². The van der Waals surface area contributed by atoms with Gasteiger partial charge in [0.05, 0.1) is 0 Å². The molecule has 0 saturated heterocycles. The van der Waals surface area contributed by atoms with Crippen LogP contribution in [0.25, 0.3) is 0 Å². The Morgan fingerprint density at radius 1 is 1.25 bits per heavy atom. The third-order valence-corrected chi connectivity index (χ3v) is 0.996. The molecule has 9 nitrogen and oxygen atoms in total. The summed E-state index contributed by atoms with van der Waals surface area (Å²) < 4.78 is 0. The number of aliphatic imine (C=N–C) groups is 1. The number of hydrogen-bond donors (Lipinski definition) is 5. The van der Waals surface area contributed by atoms with Gasteiger partial charge in [0.1, 0.15) is 6.42 Å². The average Bonchev–Trinajstić information content (AvgIpc) is 2.00. The van der Waals surface area contributed by atoms with E-state index in [-0.39, 0.29) is 11.9 Å². The van der Waals surface area contributed by atoms with Crippen molar-refractivity contribution in [2.45, 2.75) is 6.42 Å². The molecular formula is C7H15N5O4. The number of nitrogens with two attached hydrogens (primary N) is 2. The molecule has 0 radical (unpaired) electrons. The molecular weight excluding hydrogens is 218 g/mol. The highest BCUT2D eigenvalue weighted by Crippen LogP contribution is 1.74. The van der Waals surface area contributed by atoms with Gasteiger partial charge in [-0.3, -0.25) is 15.0 Å². The second kappa shape index (κ2) is 8.03. The number of carboxylic acids is 2. The highest BCUT2D eigenvalue weighted by atomic mass is 16.4. The van der Waals surface area contributed by atoms with Crippen molar-refractivity contribution in [2.75, 3.05) is 14.1 Å². The fourth-order valence-corrected chi connectivity index (χ4v) is 0.353. The quantitative estimate of drug-likeness (QED) is 0.215. The Hall–Kier alpha value is -2.32. The number of carbonyl (C=O) groups is 2. The monoisotopic (exact) mass is 233 g/mol. The molecule has 0 saturated carbocycles. The number of carboxylic acid groups (broad SMARTS) is 2. The molecule has 0 atom stereocenters. The van der Waals surface area contributed by atoms with Crippen molar-refractivity contribution in [3.8, 4) is 0 Å². The molecule has 0 amide bonds. The Labute approximate surface area is 91.9 Å². The van der Waals surface area contributed by atoms with Crippen molar-refractivity contribution < 1.29 is 19.8 Å². The Bertz CT molecular complexity index is 287. The smallest absolute Gasteiger partial charge is 0.314 e. The number of nitrogens with zero attached hydrogens (tertiary/aromatic N) is 2. The van der Waals surface area contributed by atoms with Gasteiger partial charge in [-0.25, -0.2) is 0 Å². The van der Waals surface area contributed by atoms with Gasteiger partial charge in [-0.05, 0) is 0 Å². The SMILES string of the molecule is CN(C)C(N)=NC(=N)N.O=C(O)CC(=O)O. The van der Waals surface area contributed by atoms with Gasteiger partial charge in [0.2, 0.25) is 5.96 Å². The second-order valence-corrected chi connectivity index (χ2v) is 2.71. The van der Waals surface area contributed by atoms with E-state index in [1.54, 1.807) is 19.0 Å². The minimum Gasteiger partial charge on any atom is -0.481 e. The zero-order chi connectivity index (χ0) is 13.3. The molecule has 0 heterocycles. The van der Waals surface area contributed by atoms with Crippen LogP contribution in [-0.4, -0.2) is 53.1 Å². The summed E-state index contributed by atoms with van der Waals surface area (Å²) in [6, 6.07) is 0. The first kappa shape index (κ1) is 16.1. The number of guanidine groups is 2. The van der Waals surface area contributed by atoms with Gasteiger partial charge in [-0.15, -0.1) is 0 Å². The highest BCUT2D eigenvalue weighted by molar-refractivity contribution is 5.91. The third kappa shape index (κ3) is 14.2. The molecule has 0 aliphatic heterocycles. The fraction of sp³-hybridized carbons (Fsp3) is 0.429. The van der Waals surface area contributed by atoms with Crippen LogP contribution in [0.15, 0.2) is 4.99 Å². The lowest BCUT2D eigenvalue weighted by Gasteiger charge is -2.08. The first-order chi connectivity index (χ1) is 7.16. The van der Waals surface area contributed by atoms with E-state index in [2.05, 4.69) is 4.99 Å². The summed E-state index contributed by atoms with van der Waals surface area (Å²) in [5.74, 6) is -2.66. The zero-order valence-electron chi connectivity index (χ0n) is 8.97. The molecule has 0 spiro atoms. The molecule has 0 aromatic rings. The van der Waals surface area contributed by atoms with Crippen molar-refractivity contribution in [3.05, 3.63) is 0 Å². The predicted octanol–water partition coefficient (Wildman–Crippen LogP) is -1.70. The summed E-state index contributed by atoms with van der Waals surface area (Å²) >= 11 is 0. The standard InChI is InChI=1S/C4H11N5.C3H4O4/c1-9(2)4(7)8-3(5)6;4-2(5)1-3(6)7/h1-2H3,(H5,5,6,7,8);1H2,(H,4,5)(H,6,7). The van der Waals surface area contributed by atoms with Crippen LogP contribution in [0.3, 0.4) is 0 Å². The van der Waals surface area contributed by atoms with Crippen LogP contribution in [-0.2, 0) is 9.59 Å². The van der Waals surface area contributed by atoms with Crippen LogP contribution in [0.5, 0.6) is 0 Å². The summed E-state index contributed by atoms with van der Waals surface area (Å²) in [6.07, 6.45) is -0.806. The molecule has 92 valence electrons. The maximum Gasteiger partial charge on any atom is 0.314 e. The Kier molecular flexibility index (Phi) is 8.09. The van der Waals surface area contributed by atoms with Crippen LogP contribution >= 0.6 is 0 Å². The minimum absolute atomic E-state index is 0.238. The Balaban J connectivity index is 0. The van der Waals surface area contributed by atoms with Gasteiger partial charge < -0.3 is 26.6 Å². The van der Waals surface area contributed by atoms with E-state index in [1.165, 1.54) is 0 Å². The molecule has 0 aliphatic carbocycles. The Morgan fingerprint density at radius 2 is 1.62 bits per heavy atom. The van der Waals surface area contributed by atoms with Crippen LogP contribution in [0.4, 0.5) is 0 Å². The highest BCUT2D eigenvalue weighted by Gasteiger charge is 2.01. The average molecular weight is 233 g/mol. The molecule has 0 aliphatic rings. The maximum absolute atomic E-state index is 9.43. The molecule has 0 aromatic heterocycles. The topological polar surface area (TPSA) is 166 Å². The second-order valence-electron chi connectivity index (χ2n) is 2.71. The maximum atomic E-state index is 9.43. The molecule has 9 heteroatoms. The van der Waals surface area contributed by atoms with Crippen molar-refractivity contribution in [1.29, 1.82) is 5.41 Å². The first-order valence-electron chi connectivity index (χ1n) is 3.96. The van der Waals surface area contributed by atoms with E-state index >= 15 is 0 Å². The van der Waals surface area contributed by atoms with Crippen molar-refractivity contribution >= 4 is 23.9 Å².